The van der Waals surface area contributed by atoms with Gasteiger partial charge in [-0.3, -0.25) is 14.5 Å². The van der Waals surface area contributed by atoms with E-state index in [4.69, 9.17) is 4.74 Å². The zero-order valence-electron chi connectivity index (χ0n) is 11.5. The molecule has 0 N–H and O–H groups in total. The Morgan fingerprint density at radius 3 is 2.15 bits per heavy atom. The van der Waals surface area contributed by atoms with Gasteiger partial charge in [-0.15, -0.1) is 0 Å². The molecule has 4 aliphatic heterocycles. The van der Waals surface area contributed by atoms with Crippen LogP contribution in [0.1, 0.15) is 19.3 Å². The first-order valence-electron chi connectivity index (χ1n) is 7.67. The lowest BCUT2D eigenvalue weighted by Gasteiger charge is -2.28. The van der Waals surface area contributed by atoms with Gasteiger partial charge in [0.2, 0.25) is 11.8 Å². The fourth-order valence-electron chi connectivity index (χ4n) is 4.01. The van der Waals surface area contributed by atoms with E-state index in [-0.39, 0.29) is 35.9 Å². The molecule has 4 heterocycles. The minimum absolute atomic E-state index is 0.0196. The summed E-state index contributed by atoms with van der Waals surface area (Å²) in [6.07, 6.45) is 7.30. The number of hydrogen-bond acceptors (Lipinski definition) is 4. The molecule has 0 unspecified atom stereocenters. The second-order valence-corrected chi connectivity index (χ2v) is 6.23. The van der Waals surface area contributed by atoms with Crippen molar-refractivity contribution < 1.29 is 14.3 Å². The summed E-state index contributed by atoms with van der Waals surface area (Å²) >= 11 is 0. The molecule has 3 saturated heterocycles. The van der Waals surface area contributed by atoms with Crippen LogP contribution in [-0.4, -0.2) is 60.0 Å². The molecule has 0 aromatic carbocycles. The van der Waals surface area contributed by atoms with E-state index in [1.54, 1.807) is 0 Å². The van der Waals surface area contributed by atoms with Crippen LogP contribution >= 0.6 is 0 Å². The van der Waals surface area contributed by atoms with Crippen molar-refractivity contribution >= 4 is 11.8 Å². The van der Waals surface area contributed by atoms with Gasteiger partial charge in [0.1, 0.15) is 0 Å². The third-order valence-corrected chi connectivity index (χ3v) is 5.09. The molecule has 3 fully saturated rings. The number of ether oxygens (including phenoxy) is 1. The van der Waals surface area contributed by atoms with E-state index in [9.17, 15) is 9.59 Å². The van der Waals surface area contributed by atoms with Gasteiger partial charge in [-0.2, -0.15) is 0 Å². The van der Waals surface area contributed by atoms with Gasteiger partial charge in [-0.25, -0.2) is 0 Å². The maximum atomic E-state index is 12.4. The molecular weight excluding hydrogens is 256 g/mol. The molecule has 20 heavy (non-hydrogen) atoms. The van der Waals surface area contributed by atoms with Gasteiger partial charge in [-0.05, 0) is 25.9 Å². The lowest BCUT2D eigenvalue weighted by Crippen LogP contribution is -2.42. The topological polar surface area (TPSA) is 49.9 Å². The number of carbonyl (C=O) groups excluding carboxylic acids is 2. The molecule has 4 atom stereocenters. The van der Waals surface area contributed by atoms with E-state index in [2.05, 4.69) is 4.90 Å². The van der Waals surface area contributed by atoms with Gasteiger partial charge in [0.05, 0.1) is 24.0 Å². The number of imide groups is 1. The van der Waals surface area contributed by atoms with Crippen LogP contribution in [0, 0.1) is 11.8 Å². The Morgan fingerprint density at radius 1 is 0.950 bits per heavy atom. The molecule has 5 nitrogen and oxygen atoms in total. The Bertz CT molecular complexity index is 440. The second-order valence-electron chi connectivity index (χ2n) is 6.23. The van der Waals surface area contributed by atoms with Crippen LogP contribution in [-0.2, 0) is 14.3 Å². The Balaban J connectivity index is 1.42. The van der Waals surface area contributed by atoms with Crippen LogP contribution in [0.4, 0.5) is 0 Å². The molecule has 2 bridgehead atoms. The summed E-state index contributed by atoms with van der Waals surface area (Å²) in [5, 5.41) is 0. The molecule has 2 amide bonds. The van der Waals surface area contributed by atoms with Gasteiger partial charge in [-0.1, -0.05) is 18.6 Å². The van der Waals surface area contributed by atoms with Crippen molar-refractivity contribution in [1.82, 2.24) is 9.80 Å². The molecule has 5 heteroatoms. The maximum absolute atomic E-state index is 12.4. The summed E-state index contributed by atoms with van der Waals surface area (Å²) in [6.45, 7) is 3.56. The minimum Gasteiger partial charge on any atom is -0.365 e. The van der Waals surface area contributed by atoms with Gasteiger partial charge in [0, 0.05) is 13.1 Å². The summed E-state index contributed by atoms with van der Waals surface area (Å²) in [6, 6.07) is 0. The number of carbonyl (C=O) groups is 2. The zero-order valence-corrected chi connectivity index (χ0v) is 11.5. The average molecular weight is 276 g/mol. The molecule has 4 rings (SSSR count). The molecule has 0 radical (unpaired) electrons. The van der Waals surface area contributed by atoms with Crippen LogP contribution < -0.4 is 0 Å². The van der Waals surface area contributed by atoms with E-state index >= 15 is 0 Å². The highest BCUT2D eigenvalue weighted by Crippen LogP contribution is 2.44. The Hall–Kier alpha value is -1.20. The highest BCUT2D eigenvalue weighted by Gasteiger charge is 2.60. The molecule has 0 spiro atoms. The van der Waals surface area contributed by atoms with Crippen LogP contribution in [0.3, 0.4) is 0 Å². The minimum atomic E-state index is -0.251. The molecule has 108 valence electrons. The highest BCUT2D eigenvalue weighted by atomic mass is 16.5. The Labute approximate surface area is 118 Å². The molecule has 0 aromatic rings. The number of fused-ring (bicyclic) bond motifs is 5. The van der Waals surface area contributed by atoms with E-state index in [0.29, 0.717) is 6.54 Å². The maximum Gasteiger partial charge on any atom is 0.236 e. The SMILES string of the molecule is O=C1[C@@H]2[C@H](C(=O)N1CCN1CCCCC1)[C@H]1C=C[C@@H]2O1. The van der Waals surface area contributed by atoms with Crippen molar-refractivity contribution in [2.45, 2.75) is 31.5 Å². The first-order chi connectivity index (χ1) is 9.75. The van der Waals surface area contributed by atoms with E-state index < -0.39 is 0 Å². The number of nitrogens with zero attached hydrogens (tertiary/aromatic N) is 2. The quantitative estimate of drug-likeness (QED) is 0.553. The van der Waals surface area contributed by atoms with Crippen LogP contribution in [0.15, 0.2) is 12.2 Å². The summed E-state index contributed by atoms with van der Waals surface area (Å²) in [7, 11) is 0. The lowest BCUT2D eigenvalue weighted by molar-refractivity contribution is -0.142. The number of amides is 2. The first-order valence-corrected chi connectivity index (χ1v) is 7.67. The van der Waals surface area contributed by atoms with Crippen molar-refractivity contribution in [1.29, 1.82) is 0 Å². The summed E-state index contributed by atoms with van der Waals surface area (Å²) in [5.41, 5.74) is 0. The molecule has 0 aromatic heterocycles. The normalized spacial score (nSPS) is 39.9. The third-order valence-electron chi connectivity index (χ3n) is 5.09. The smallest absolute Gasteiger partial charge is 0.236 e. The number of rotatable bonds is 3. The first kappa shape index (κ1) is 12.5. The molecule has 0 saturated carbocycles. The number of likely N-dealkylation sites (tertiary alicyclic amines) is 2. The van der Waals surface area contributed by atoms with Crippen LogP contribution in [0.5, 0.6) is 0 Å². The standard InChI is InChI=1S/C15H20N2O3/c18-14-12-10-4-5-11(20-10)13(12)15(19)17(14)9-8-16-6-2-1-3-7-16/h4-5,10-13H,1-3,6-9H2/t10-,11+,12-,13+. The molecular formula is C15H20N2O3. The third kappa shape index (κ3) is 1.76. The van der Waals surface area contributed by atoms with Crippen LogP contribution in [0.25, 0.3) is 0 Å². The summed E-state index contributed by atoms with van der Waals surface area (Å²) in [5.74, 6) is -0.541. The van der Waals surface area contributed by atoms with Crippen molar-refractivity contribution in [2.75, 3.05) is 26.2 Å². The van der Waals surface area contributed by atoms with Crippen molar-refractivity contribution in [3.63, 3.8) is 0 Å². The van der Waals surface area contributed by atoms with E-state index in [0.717, 1.165) is 19.6 Å². The summed E-state index contributed by atoms with van der Waals surface area (Å²) < 4.78 is 5.63. The van der Waals surface area contributed by atoms with Gasteiger partial charge >= 0.3 is 0 Å². The monoisotopic (exact) mass is 276 g/mol. The predicted molar refractivity (Wildman–Crippen MR) is 71.8 cm³/mol. The van der Waals surface area contributed by atoms with Crippen LogP contribution in [0.2, 0.25) is 0 Å². The fraction of sp³-hybridized carbons (Fsp3) is 0.733. The van der Waals surface area contributed by atoms with E-state index in [1.165, 1.54) is 24.2 Å². The largest absolute Gasteiger partial charge is 0.365 e. The van der Waals surface area contributed by atoms with Gasteiger partial charge in [0.25, 0.3) is 0 Å². The van der Waals surface area contributed by atoms with Crippen molar-refractivity contribution in [3.05, 3.63) is 12.2 Å². The second kappa shape index (κ2) is 4.67. The van der Waals surface area contributed by atoms with Crippen molar-refractivity contribution in [3.8, 4) is 0 Å². The summed E-state index contributed by atoms with van der Waals surface area (Å²) in [4.78, 5) is 28.7. The zero-order chi connectivity index (χ0) is 13.7. The van der Waals surface area contributed by atoms with Gasteiger partial charge < -0.3 is 9.64 Å². The van der Waals surface area contributed by atoms with E-state index in [1.807, 2.05) is 12.2 Å². The number of hydrogen-bond donors (Lipinski definition) is 0. The Morgan fingerprint density at radius 2 is 1.55 bits per heavy atom. The fourth-order valence-corrected chi connectivity index (χ4v) is 4.01. The lowest BCUT2D eigenvalue weighted by atomic mass is 9.85. The average Bonchev–Trinajstić information content (AvgIpc) is 3.13. The molecule has 0 aliphatic carbocycles. The predicted octanol–water partition coefficient (Wildman–Crippen LogP) is 0.411. The van der Waals surface area contributed by atoms with Gasteiger partial charge in [0.15, 0.2) is 0 Å². The Kier molecular flexibility index (Phi) is 2.93. The highest BCUT2D eigenvalue weighted by molar-refractivity contribution is 6.06. The number of piperidine rings is 1. The molecule has 4 aliphatic rings. The van der Waals surface area contributed by atoms with Crippen molar-refractivity contribution in [2.24, 2.45) is 11.8 Å².